The predicted molar refractivity (Wildman–Crippen MR) is 220 cm³/mol. The van der Waals surface area contributed by atoms with Crippen LogP contribution in [0, 0.1) is 11.2 Å². The number of hydrogen-bond donors (Lipinski definition) is 2. The Kier molecular flexibility index (Phi) is 13.2. The lowest BCUT2D eigenvalue weighted by Crippen LogP contribution is -2.48. The molecule has 1 saturated heterocycles. The first-order valence-electron chi connectivity index (χ1n) is 19.3. The number of carbonyl (C=O) groups excluding carboxylic acids is 3. The van der Waals surface area contributed by atoms with Crippen LogP contribution in [0.1, 0.15) is 62.6 Å². The van der Waals surface area contributed by atoms with E-state index in [-0.39, 0.29) is 42.1 Å². The number of nitrogens with one attached hydrogen (secondary N) is 2. The molecule has 16 heteroatoms. The van der Waals surface area contributed by atoms with E-state index in [1.807, 2.05) is 0 Å². The second-order valence-electron chi connectivity index (χ2n) is 15.9. The fourth-order valence-corrected chi connectivity index (χ4v) is 9.32. The maximum atomic E-state index is 16.0. The van der Waals surface area contributed by atoms with Crippen LogP contribution in [0.2, 0.25) is 5.02 Å². The van der Waals surface area contributed by atoms with Gasteiger partial charge < -0.3 is 29.7 Å². The van der Waals surface area contributed by atoms with Crippen LogP contribution in [0.5, 0.6) is 5.88 Å². The van der Waals surface area contributed by atoms with Crippen LogP contribution in [0.4, 0.5) is 19.7 Å². The second kappa shape index (κ2) is 17.9. The lowest BCUT2D eigenvalue weighted by molar-refractivity contribution is -0.118. The Hall–Kier alpha value is -5.25. The van der Waals surface area contributed by atoms with Crippen molar-refractivity contribution in [1.29, 1.82) is 0 Å². The lowest BCUT2D eigenvalue weighted by atomic mass is 9.85. The summed E-state index contributed by atoms with van der Waals surface area (Å²) in [5.74, 6) is -1.84. The third-order valence-corrected chi connectivity index (χ3v) is 12.7. The maximum Gasteiger partial charge on any atom is 0.410 e. The van der Waals surface area contributed by atoms with Crippen LogP contribution in [0.15, 0.2) is 96.0 Å². The number of sulfonamides is 1. The minimum absolute atomic E-state index is 0.00264. The van der Waals surface area contributed by atoms with E-state index in [0.29, 0.717) is 28.6 Å². The fourth-order valence-electron chi connectivity index (χ4n) is 7.41. The van der Waals surface area contributed by atoms with Crippen molar-refractivity contribution in [2.45, 2.75) is 75.0 Å². The molecule has 0 bridgehead atoms. The molecule has 1 saturated carbocycles. The number of ether oxygens (including phenoxy) is 3. The molecule has 2 N–H and O–H groups in total. The van der Waals surface area contributed by atoms with Gasteiger partial charge >= 0.3 is 12.2 Å². The van der Waals surface area contributed by atoms with Crippen molar-refractivity contribution in [2.75, 3.05) is 39.2 Å². The summed E-state index contributed by atoms with van der Waals surface area (Å²) in [5.41, 5.74) is 0.129. The molecular weight excluding hydrogens is 801 g/mol. The minimum Gasteiger partial charge on any atom is -0.481 e. The van der Waals surface area contributed by atoms with E-state index in [9.17, 15) is 22.8 Å². The third kappa shape index (κ3) is 10.5. The highest BCUT2D eigenvalue weighted by Crippen LogP contribution is 2.50. The van der Waals surface area contributed by atoms with E-state index >= 15 is 4.39 Å². The lowest BCUT2D eigenvalue weighted by Gasteiger charge is -2.32. The number of aromatic nitrogens is 1. The average molecular weight is 850 g/mol. The summed E-state index contributed by atoms with van der Waals surface area (Å²) in [4.78, 5) is 46.9. The summed E-state index contributed by atoms with van der Waals surface area (Å²) in [5, 5.41) is 5.95. The molecule has 1 aliphatic heterocycles. The molecule has 2 aliphatic rings. The molecule has 3 amide bonds. The van der Waals surface area contributed by atoms with Crippen LogP contribution >= 0.6 is 11.6 Å². The molecule has 6 rings (SSSR count). The van der Waals surface area contributed by atoms with Gasteiger partial charge in [-0.3, -0.25) is 4.79 Å². The molecule has 2 fully saturated rings. The molecule has 4 aromatic rings. The number of benzene rings is 3. The molecule has 1 aliphatic carbocycles. The maximum absolute atomic E-state index is 16.0. The zero-order chi connectivity index (χ0) is 42.5. The van der Waals surface area contributed by atoms with E-state index in [0.717, 1.165) is 12.8 Å². The molecule has 3 atom stereocenters. The number of amides is 3. The van der Waals surface area contributed by atoms with Gasteiger partial charge in [0.1, 0.15) is 17.5 Å². The van der Waals surface area contributed by atoms with Gasteiger partial charge in [-0.2, -0.15) is 4.31 Å². The smallest absolute Gasteiger partial charge is 0.410 e. The van der Waals surface area contributed by atoms with Gasteiger partial charge in [-0.25, -0.2) is 27.4 Å². The summed E-state index contributed by atoms with van der Waals surface area (Å²) >= 11 is 6.22. The van der Waals surface area contributed by atoms with Crippen LogP contribution in [-0.2, 0) is 30.7 Å². The zero-order valence-corrected chi connectivity index (χ0v) is 35.2. The van der Waals surface area contributed by atoms with Gasteiger partial charge in [-0.15, -0.1) is 0 Å². The number of rotatable bonds is 12. The Balaban J connectivity index is 1.34. The van der Waals surface area contributed by atoms with Crippen molar-refractivity contribution < 1.29 is 41.4 Å². The van der Waals surface area contributed by atoms with Crippen LogP contribution in [0.3, 0.4) is 0 Å². The largest absolute Gasteiger partial charge is 0.481 e. The number of methoxy groups -OCH3 is 2. The first kappa shape index (κ1) is 43.3. The van der Waals surface area contributed by atoms with Crippen molar-refractivity contribution in [3.63, 3.8) is 0 Å². The van der Waals surface area contributed by atoms with Crippen molar-refractivity contribution in [2.24, 2.45) is 5.41 Å². The number of hydrogen-bond acceptors (Lipinski definition) is 9. The molecule has 1 spiro atoms. The predicted octanol–water partition coefficient (Wildman–Crippen LogP) is 7.40. The number of carbonyl (C=O) groups is 3. The zero-order valence-electron chi connectivity index (χ0n) is 33.6. The van der Waals surface area contributed by atoms with E-state index in [2.05, 4.69) is 15.6 Å². The minimum atomic E-state index is -4.07. The SMILES string of the molecule is COC(=O)NC(C(=O)Nc1cccc(F)c1CC[C@H]1CN(C(=O)OC(C)(C)C)CC2(CC2)CN1S(=O)(=O)c1ccccc1)[C@@H](c1ccc(Cl)cc1)c1ccc(OC)nc1. The Morgan fingerprint density at radius 2 is 1.64 bits per heavy atom. The number of alkyl carbamates (subject to hydrolysis) is 1. The highest BCUT2D eigenvalue weighted by Gasteiger charge is 2.52. The summed E-state index contributed by atoms with van der Waals surface area (Å²) in [7, 11) is -1.43. The Morgan fingerprint density at radius 3 is 2.25 bits per heavy atom. The van der Waals surface area contributed by atoms with Crippen molar-refractivity contribution in [3.8, 4) is 5.88 Å². The molecule has 1 aromatic heterocycles. The molecule has 3 aromatic carbocycles. The quantitative estimate of drug-likeness (QED) is 0.148. The van der Waals surface area contributed by atoms with Gasteiger partial charge in [0.2, 0.25) is 21.8 Å². The second-order valence-corrected chi connectivity index (χ2v) is 18.3. The topological polar surface area (TPSA) is 156 Å². The summed E-state index contributed by atoms with van der Waals surface area (Å²) in [6.07, 6.45) is 1.60. The normalized spacial score (nSPS) is 17.6. The van der Waals surface area contributed by atoms with Gasteiger partial charge in [0.15, 0.2) is 0 Å². The number of halogens is 2. The molecular formula is C43H49ClFN5O8S. The number of nitrogens with zero attached hydrogens (tertiary/aromatic N) is 3. The highest BCUT2D eigenvalue weighted by molar-refractivity contribution is 7.89. The first-order chi connectivity index (χ1) is 28.0. The third-order valence-electron chi connectivity index (χ3n) is 10.5. The van der Waals surface area contributed by atoms with E-state index in [1.165, 1.54) is 55.1 Å². The average Bonchev–Trinajstić information content (AvgIpc) is 4.00. The number of pyridine rings is 1. The monoisotopic (exact) mass is 849 g/mol. The summed E-state index contributed by atoms with van der Waals surface area (Å²) < 4.78 is 62.2. The van der Waals surface area contributed by atoms with E-state index in [1.54, 1.807) is 80.3 Å². The standard InChI is InChI=1S/C43H49ClFN5O8S/c1-42(2,3)58-41(53)49-25-31(50(27-43(26-49)22-23-43)59(54,55)32-10-7-6-8-11-32)19-20-33-34(45)12-9-13-35(33)47-39(51)38(48-40(52)57-5)37(28-14-17-30(44)18-15-28)29-16-21-36(56-4)46-24-29/h6-18,21,24,31,37-38H,19-20,22-23,25-27H2,1-5H3,(H,47,51)(H,48,52)/t31-,37-,38?/m0/s1. The fraction of sp³-hybridized carbons (Fsp3) is 0.395. The molecule has 13 nitrogen and oxygen atoms in total. The number of anilines is 1. The Labute approximate surface area is 349 Å². The van der Waals surface area contributed by atoms with Gasteiger partial charge in [-0.05, 0) is 94.0 Å². The van der Waals surface area contributed by atoms with Gasteiger partial charge in [0.25, 0.3) is 0 Å². The Morgan fingerprint density at radius 1 is 0.949 bits per heavy atom. The van der Waals surface area contributed by atoms with E-state index < -0.39 is 63.0 Å². The highest BCUT2D eigenvalue weighted by atomic mass is 35.5. The van der Waals surface area contributed by atoms with Crippen LogP contribution in [0.25, 0.3) is 0 Å². The van der Waals surface area contributed by atoms with Gasteiger partial charge in [0.05, 0.1) is 19.1 Å². The van der Waals surface area contributed by atoms with E-state index in [4.69, 9.17) is 25.8 Å². The summed E-state index contributed by atoms with van der Waals surface area (Å²) in [6, 6.07) is 20.3. The first-order valence-corrected chi connectivity index (χ1v) is 21.1. The van der Waals surface area contributed by atoms with Crippen molar-refractivity contribution >= 4 is 45.4 Å². The van der Waals surface area contributed by atoms with Crippen molar-refractivity contribution in [1.82, 2.24) is 19.5 Å². The van der Waals surface area contributed by atoms with Crippen LogP contribution < -0.4 is 15.4 Å². The molecule has 1 unspecified atom stereocenters. The Bertz CT molecular complexity index is 2240. The van der Waals surface area contributed by atoms with Crippen molar-refractivity contribution in [3.05, 3.63) is 119 Å². The van der Waals surface area contributed by atoms with Crippen LogP contribution in [-0.4, -0.2) is 92.2 Å². The molecule has 59 heavy (non-hydrogen) atoms. The molecule has 314 valence electrons. The molecule has 2 heterocycles. The van der Waals surface area contributed by atoms with Gasteiger partial charge in [0, 0.05) is 65.5 Å². The molecule has 0 radical (unpaired) electrons. The van der Waals surface area contributed by atoms with Gasteiger partial charge in [-0.1, -0.05) is 54.1 Å². The summed E-state index contributed by atoms with van der Waals surface area (Å²) in [6.45, 7) is 5.79.